The van der Waals surface area contributed by atoms with E-state index in [-0.39, 0.29) is 12.4 Å². The van der Waals surface area contributed by atoms with Gasteiger partial charge in [-0.1, -0.05) is 6.92 Å². The molecule has 2 heterocycles. The quantitative estimate of drug-likeness (QED) is 0.886. The predicted molar refractivity (Wildman–Crippen MR) is 80.0 cm³/mol. The van der Waals surface area contributed by atoms with Gasteiger partial charge in [0.2, 0.25) is 0 Å². The molecule has 2 rings (SSSR count). The van der Waals surface area contributed by atoms with Crippen molar-refractivity contribution in [3.63, 3.8) is 0 Å². The van der Waals surface area contributed by atoms with Crippen LogP contribution in [0.2, 0.25) is 0 Å². The van der Waals surface area contributed by atoms with Crippen LogP contribution in [-0.4, -0.2) is 19.6 Å². The molecule has 2 aromatic rings. The summed E-state index contributed by atoms with van der Waals surface area (Å²) in [4.78, 5) is 0. The highest BCUT2D eigenvalue weighted by molar-refractivity contribution is 5.85. The second-order valence-corrected chi connectivity index (χ2v) is 4.74. The second-order valence-electron chi connectivity index (χ2n) is 4.74. The minimum atomic E-state index is -2.61. The highest BCUT2D eigenvalue weighted by atomic mass is 35.5. The average molecular weight is 320 g/mol. The van der Waals surface area contributed by atoms with Crippen LogP contribution >= 0.6 is 12.4 Å². The van der Waals surface area contributed by atoms with E-state index in [0.717, 1.165) is 24.2 Å². The van der Waals surface area contributed by atoms with E-state index in [2.05, 4.69) is 22.4 Å². The number of halogens is 3. The molecule has 21 heavy (non-hydrogen) atoms. The van der Waals surface area contributed by atoms with E-state index >= 15 is 0 Å². The van der Waals surface area contributed by atoms with Gasteiger partial charge in [-0.3, -0.25) is 4.68 Å². The zero-order valence-corrected chi connectivity index (χ0v) is 13.1. The number of anilines is 1. The first-order chi connectivity index (χ1) is 9.51. The Balaban J connectivity index is 0.00000220. The fourth-order valence-corrected chi connectivity index (χ4v) is 2.02. The van der Waals surface area contributed by atoms with Crippen molar-refractivity contribution in [1.82, 2.24) is 19.6 Å². The Morgan fingerprint density at radius 3 is 2.48 bits per heavy atom. The maximum atomic E-state index is 12.5. The molecule has 0 unspecified atom stereocenters. The van der Waals surface area contributed by atoms with Crippen LogP contribution in [0.25, 0.3) is 0 Å². The Kier molecular flexibility index (Phi) is 6.14. The molecule has 0 bridgehead atoms. The summed E-state index contributed by atoms with van der Waals surface area (Å²) < 4.78 is 27.6. The van der Waals surface area contributed by atoms with E-state index in [1.54, 1.807) is 6.92 Å². The van der Waals surface area contributed by atoms with E-state index in [1.165, 1.54) is 6.20 Å². The summed E-state index contributed by atoms with van der Waals surface area (Å²) in [6.45, 7) is 4.55. The Bertz CT molecular complexity index is 579. The number of nitrogens with zero attached hydrogens (tertiary/aromatic N) is 4. The molecule has 0 saturated carbocycles. The van der Waals surface area contributed by atoms with Gasteiger partial charge in [0.15, 0.2) is 0 Å². The fourth-order valence-electron chi connectivity index (χ4n) is 2.02. The minimum Gasteiger partial charge on any atom is -0.378 e. The van der Waals surface area contributed by atoms with Gasteiger partial charge in [-0.25, -0.2) is 4.68 Å². The van der Waals surface area contributed by atoms with Crippen LogP contribution in [0.5, 0.6) is 0 Å². The zero-order chi connectivity index (χ0) is 14.7. The molecule has 0 amide bonds. The van der Waals surface area contributed by atoms with Crippen molar-refractivity contribution in [3.05, 3.63) is 29.3 Å². The predicted octanol–water partition coefficient (Wildman–Crippen LogP) is 3.54. The fraction of sp³-hybridized carbons (Fsp3) is 0.538. The largest absolute Gasteiger partial charge is 0.378 e. The summed E-state index contributed by atoms with van der Waals surface area (Å²) in [6.07, 6.45) is 4.33. The highest BCUT2D eigenvalue weighted by Crippen LogP contribution is 2.19. The molecule has 0 atom stereocenters. The van der Waals surface area contributed by atoms with Gasteiger partial charge in [0, 0.05) is 24.8 Å². The Labute approximate surface area is 128 Å². The van der Waals surface area contributed by atoms with Crippen LogP contribution in [-0.2, 0) is 13.1 Å². The summed E-state index contributed by atoms with van der Waals surface area (Å²) in [5.41, 5.74) is 3.18. The molecule has 0 fully saturated rings. The molecule has 1 N–H and O–H groups in total. The second kappa shape index (κ2) is 7.40. The van der Waals surface area contributed by atoms with Crippen molar-refractivity contribution in [2.24, 2.45) is 0 Å². The molecule has 8 heteroatoms. The molecule has 0 aliphatic rings. The summed E-state index contributed by atoms with van der Waals surface area (Å²) >= 11 is 0. The van der Waals surface area contributed by atoms with Gasteiger partial charge in [-0.2, -0.15) is 19.0 Å². The monoisotopic (exact) mass is 319 g/mol. The first-order valence-corrected chi connectivity index (χ1v) is 6.62. The standard InChI is InChI=1S/C13H19F2N5.ClH/c1-4-5-19-7-11(9(2)17-19)6-16-12-8-20(13(14)15)18-10(12)3;/h7-8,13,16H,4-6H2,1-3H3;1H. The van der Waals surface area contributed by atoms with Crippen LogP contribution in [0.1, 0.15) is 36.8 Å². The molecule has 0 aromatic carbocycles. The summed E-state index contributed by atoms with van der Waals surface area (Å²) in [6, 6.07) is 0. The van der Waals surface area contributed by atoms with Crippen LogP contribution in [0, 0.1) is 13.8 Å². The molecule has 0 spiro atoms. The van der Waals surface area contributed by atoms with Gasteiger partial charge in [-0.15, -0.1) is 12.4 Å². The van der Waals surface area contributed by atoms with Gasteiger partial charge >= 0.3 is 6.55 Å². The van der Waals surface area contributed by atoms with E-state index in [4.69, 9.17) is 0 Å². The summed E-state index contributed by atoms with van der Waals surface area (Å²) in [7, 11) is 0. The lowest BCUT2D eigenvalue weighted by Crippen LogP contribution is -2.00. The Morgan fingerprint density at radius 2 is 1.90 bits per heavy atom. The molecule has 118 valence electrons. The lowest BCUT2D eigenvalue weighted by molar-refractivity contribution is 0.0563. The first-order valence-electron chi connectivity index (χ1n) is 6.62. The number of rotatable bonds is 6. The van der Waals surface area contributed by atoms with Crippen LogP contribution < -0.4 is 5.32 Å². The molecule has 5 nitrogen and oxygen atoms in total. The maximum Gasteiger partial charge on any atom is 0.333 e. The molecule has 0 aliphatic heterocycles. The van der Waals surface area contributed by atoms with E-state index in [0.29, 0.717) is 22.6 Å². The zero-order valence-electron chi connectivity index (χ0n) is 12.3. The van der Waals surface area contributed by atoms with Gasteiger partial charge in [0.05, 0.1) is 23.3 Å². The normalized spacial score (nSPS) is 10.8. The SMILES string of the molecule is CCCn1cc(CNc2cn(C(F)F)nc2C)c(C)n1.Cl. The number of aromatic nitrogens is 4. The molecule has 0 aliphatic carbocycles. The third-order valence-electron chi connectivity index (χ3n) is 3.09. The smallest absolute Gasteiger partial charge is 0.333 e. The molecule has 2 aromatic heterocycles. The van der Waals surface area contributed by atoms with Crippen molar-refractivity contribution in [3.8, 4) is 0 Å². The molecular formula is C13H20ClF2N5. The van der Waals surface area contributed by atoms with Crippen molar-refractivity contribution >= 4 is 18.1 Å². The number of nitrogens with one attached hydrogen (secondary N) is 1. The Morgan fingerprint density at radius 1 is 1.19 bits per heavy atom. The van der Waals surface area contributed by atoms with Crippen molar-refractivity contribution in [2.75, 3.05) is 5.32 Å². The van der Waals surface area contributed by atoms with Gasteiger partial charge in [0.1, 0.15) is 0 Å². The van der Waals surface area contributed by atoms with Gasteiger partial charge < -0.3 is 5.32 Å². The average Bonchev–Trinajstić information content (AvgIpc) is 2.91. The lowest BCUT2D eigenvalue weighted by Gasteiger charge is -2.03. The molecule has 0 saturated heterocycles. The van der Waals surface area contributed by atoms with Gasteiger partial charge in [-0.05, 0) is 20.3 Å². The minimum absolute atomic E-state index is 0. The van der Waals surface area contributed by atoms with Crippen molar-refractivity contribution < 1.29 is 8.78 Å². The van der Waals surface area contributed by atoms with Gasteiger partial charge in [0.25, 0.3) is 0 Å². The van der Waals surface area contributed by atoms with E-state index in [1.807, 2.05) is 17.8 Å². The number of hydrogen-bond donors (Lipinski definition) is 1. The van der Waals surface area contributed by atoms with Crippen molar-refractivity contribution in [2.45, 2.75) is 46.8 Å². The topological polar surface area (TPSA) is 47.7 Å². The van der Waals surface area contributed by atoms with Crippen molar-refractivity contribution in [1.29, 1.82) is 0 Å². The van der Waals surface area contributed by atoms with Crippen LogP contribution in [0.3, 0.4) is 0 Å². The first kappa shape index (κ1) is 17.4. The molecular weight excluding hydrogens is 300 g/mol. The van der Waals surface area contributed by atoms with E-state index in [9.17, 15) is 8.78 Å². The van der Waals surface area contributed by atoms with Crippen LogP contribution in [0.4, 0.5) is 14.5 Å². The third kappa shape index (κ3) is 4.17. The maximum absolute atomic E-state index is 12.5. The highest BCUT2D eigenvalue weighted by Gasteiger charge is 2.12. The van der Waals surface area contributed by atoms with Crippen LogP contribution in [0.15, 0.2) is 12.4 Å². The summed E-state index contributed by atoms with van der Waals surface area (Å²) in [5.74, 6) is 0. The molecule has 0 radical (unpaired) electrons. The number of aryl methyl sites for hydroxylation is 3. The van der Waals surface area contributed by atoms with E-state index < -0.39 is 6.55 Å². The third-order valence-corrected chi connectivity index (χ3v) is 3.09. The number of hydrogen-bond acceptors (Lipinski definition) is 3. The lowest BCUT2D eigenvalue weighted by atomic mass is 10.2. The summed E-state index contributed by atoms with van der Waals surface area (Å²) in [5, 5.41) is 11.3. The Hall–Kier alpha value is -1.63. The number of alkyl halides is 2.